The van der Waals surface area contributed by atoms with Crippen molar-refractivity contribution in [2.75, 3.05) is 24.5 Å². The van der Waals surface area contributed by atoms with Crippen LogP contribution in [0.5, 0.6) is 0 Å². The van der Waals surface area contributed by atoms with Gasteiger partial charge < -0.3 is 4.90 Å². The van der Waals surface area contributed by atoms with E-state index in [1.807, 2.05) is 27.7 Å². The van der Waals surface area contributed by atoms with Gasteiger partial charge in [0.1, 0.15) is 6.54 Å². The van der Waals surface area contributed by atoms with E-state index in [2.05, 4.69) is 0 Å². The van der Waals surface area contributed by atoms with E-state index in [0.29, 0.717) is 24.3 Å². The summed E-state index contributed by atoms with van der Waals surface area (Å²) in [4.78, 5) is 54.4. The van der Waals surface area contributed by atoms with Crippen LogP contribution in [0.1, 0.15) is 46.1 Å². The molecule has 0 saturated heterocycles. The van der Waals surface area contributed by atoms with Crippen molar-refractivity contribution in [1.29, 1.82) is 0 Å². The number of nitrogens with zero attached hydrogens (tertiary/aromatic N) is 2. The largest absolute Gasteiger partial charge is 0.342 e. The molecule has 6 heteroatoms. The molecule has 1 aliphatic heterocycles. The summed E-state index contributed by atoms with van der Waals surface area (Å²) in [6.45, 7) is 8.53. The summed E-state index contributed by atoms with van der Waals surface area (Å²) < 4.78 is 0. The zero-order chi connectivity index (χ0) is 20.6. The average Bonchev–Trinajstić information content (AvgIpc) is 2.87. The lowest BCUT2D eigenvalue weighted by Gasteiger charge is -2.29. The van der Waals surface area contributed by atoms with Gasteiger partial charge >= 0.3 is 0 Å². The molecule has 0 unspecified atom stereocenters. The predicted molar refractivity (Wildman–Crippen MR) is 107 cm³/mol. The number of para-hydroxylation sites is 1. The molecule has 148 valence electrons. The molecule has 2 aliphatic rings. The van der Waals surface area contributed by atoms with Crippen molar-refractivity contribution >= 4 is 34.6 Å². The van der Waals surface area contributed by atoms with Gasteiger partial charge in [-0.15, -0.1) is 0 Å². The minimum absolute atomic E-state index is 0.00503. The van der Waals surface area contributed by atoms with Crippen LogP contribution < -0.4 is 4.90 Å². The van der Waals surface area contributed by atoms with Gasteiger partial charge in [0.15, 0.2) is 11.6 Å². The van der Waals surface area contributed by atoms with Gasteiger partial charge in [-0.25, -0.2) is 0 Å². The summed E-state index contributed by atoms with van der Waals surface area (Å²) in [5, 5.41) is 0. The van der Waals surface area contributed by atoms with Crippen LogP contribution >= 0.6 is 0 Å². The van der Waals surface area contributed by atoms with Crippen LogP contribution in [0.4, 0.5) is 5.69 Å². The lowest BCUT2D eigenvalue weighted by atomic mass is 9.72. The monoisotopic (exact) mass is 382 g/mol. The van der Waals surface area contributed by atoms with E-state index >= 15 is 0 Å². The Morgan fingerprint density at radius 2 is 1.57 bits per heavy atom. The summed E-state index contributed by atoms with van der Waals surface area (Å²) in [6, 6.07) is 7.03. The van der Waals surface area contributed by atoms with Crippen molar-refractivity contribution < 1.29 is 19.2 Å². The molecule has 0 bridgehead atoms. The third-order valence-corrected chi connectivity index (χ3v) is 5.42. The molecular formula is C22H26N2O4. The SMILES string of the molecule is CCN(CC)C(=O)CN1C(=O)C(=C2C(=O)CC(C)(C)CC2=O)c2ccccc21. The summed E-state index contributed by atoms with van der Waals surface area (Å²) >= 11 is 0. The number of hydrogen-bond acceptors (Lipinski definition) is 4. The second-order valence-electron chi connectivity index (χ2n) is 8.09. The first-order valence-electron chi connectivity index (χ1n) is 9.70. The van der Waals surface area contributed by atoms with Crippen molar-refractivity contribution in [1.82, 2.24) is 4.90 Å². The number of rotatable bonds is 4. The van der Waals surface area contributed by atoms with Crippen LogP contribution in [-0.2, 0) is 19.2 Å². The third kappa shape index (κ3) is 3.39. The Morgan fingerprint density at radius 3 is 2.14 bits per heavy atom. The van der Waals surface area contributed by atoms with Crippen LogP contribution in [0.2, 0.25) is 0 Å². The first-order valence-corrected chi connectivity index (χ1v) is 9.70. The van der Waals surface area contributed by atoms with Crippen LogP contribution in [0.25, 0.3) is 5.57 Å². The maximum absolute atomic E-state index is 13.2. The minimum atomic E-state index is -0.446. The van der Waals surface area contributed by atoms with Crippen LogP contribution in [0.15, 0.2) is 29.8 Å². The molecule has 1 aliphatic carbocycles. The Morgan fingerprint density at radius 1 is 1.00 bits per heavy atom. The maximum Gasteiger partial charge on any atom is 0.260 e. The molecule has 1 fully saturated rings. The molecule has 0 aromatic heterocycles. The van der Waals surface area contributed by atoms with Crippen molar-refractivity contribution in [2.45, 2.75) is 40.5 Å². The molecule has 2 amide bonds. The van der Waals surface area contributed by atoms with Gasteiger partial charge in [-0.2, -0.15) is 0 Å². The lowest BCUT2D eigenvalue weighted by Crippen LogP contribution is -2.42. The quantitative estimate of drug-likeness (QED) is 0.593. The molecule has 0 atom stereocenters. The Hall–Kier alpha value is -2.76. The Bertz CT molecular complexity index is 872. The fourth-order valence-electron chi connectivity index (χ4n) is 4.03. The number of hydrogen-bond donors (Lipinski definition) is 0. The van der Waals surface area contributed by atoms with E-state index in [9.17, 15) is 19.2 Å². The van der Waals surface area contributed by atoms with Crippen molar-refractivity contribution in [2.24, 2.45) is 5.41 Å². The zero-order valence-corrected chi connectivity index (χ0v) is 16.9. The smallest absolute Gasteiger partial charge is 0.260 e. The highest BCUT2D eigenvalue weighted by Crippen LogP contribution is 2.42. The average molecular weight is 382 g/mol. The zero-order valence-electron chi connectivity index (χ0n) is 16.9. The molecule has 0 N–H and O–H groups in total. The second-order valence-corrected chi connectivity index (χ2v) is 8.09. The van der Waals surface area contributed by atoms with Gasteiger partial charge in [0.25, 0.3) is 5.91 Å². The number of fused-ring (bicyclic) bond motifs is 1. The molecule has 6 nitrogen and oxygen atoms in total. The van der Waals surface area contributed by atoms with Crippen LogP contribution in [0, 0.1) is 5.41 Å². The summed E-state index contributed by atoms with van der Waals surface area (Å²) in [5.74, 6) is -1.20. The molecule has 1 heterocycles. The highest BCUT2D eigenvalue weighted by Gasteiger charge is 2.43. The number of carbonyl (C=O) groups is 4. The van der Waals surface area contributed by atoms with Gasteiger partial charge in [-0.1, -0.05) is 32.0 Å². The molecule has 1 aromatic rings. The fourth-order valence-corrected chi connectivity index (χ4v) is 4.03. The van der Waals surface area contributed by atoms with E-state index in [4.69, 9.17) is 0 Å². The number of ketones is 2. The van der Waals surface area contributed by atoms with Gasteiger partial charge in [-0.3, -0.25) is 24.1 Å². The predicted octanol–water partition coefficient (Wildman–Crippen LogP) is 2.61. The molecule has 1 aromatic carbocycles. The fraction of sp³-hybridized carbons (Fsp3) is 0.455. The number of carbonyl (C=O) groups excluding carboxylic acids is 4. The summed E-state index contributed by atoms with van der Waals surface area (Å²) in [6.07, 6.45) is 0.455. The molecule has 28 heavy (non-hydrogen) atoms. The molecule has 0 spiro atoms. The van der Waals surface area contributed by atoms with E-state index in [1.165, 1.54) is 4.90 Å². The maximum atomic E-state index is 13.2. The Balaban J connectivity index is 2.06. The van der Waals surface area contributed by atoms with E-state index < -0.39 is 11.3 Å². The Kier molecular flexibility index (Phi) is 5.24. The normalized spacial score (nSPS) is 18.6. The van der Waals surface area contributed by atoms with Gasteiger partial charge in [0.05, 0.1) is 16.8 Å². The first kappa shape index (κ1) is 20.0. The van der Waals surface area contributed by atoms with Gasteiger partial charge in [-0.05, 0) is 25.3 Å². The van der Waals surface area contributed by atoms with E-state index in [0.717, 1.165) is 0 Å². The van der Waals surface area contributed by atoms with Gasteiger partial charge in [0, 0.05) is 31.5 Å². The molecule has 1 saturated carbocycles. The summed E-state index contributed by atoms with van der Waals surface area (Å²) in [7, 11) is 0. The molecule has 0 radical (unpaired) electrons. The van der Waals surface area contributed by atoms with Gasteiger partial charge in [0.2, 0.25) is 5.91 Å². The van der Waals surface area contributed by atoms with Crippen molar-refractivity contribution in [3.05, 3.63) is 35.4 Å². The molecule has 3 rings (SSSR count). The third-order valence-electron chi connectivity index (χ3n) is 5.42. The van der Waals surface area contributed by atoms with Crippen molar-refractivity contribution in [3.8, 4) is 0 Å². The van der Waals surface area contributed by atoms with Crippen LogP contribution in [-0.4, -0.2) is 47.9 Å². The first-order chi connectivity index (χ1) is 13.2. The highest BCUT2D eigenvalue weighted by atomic mass is 16.2. The molecular weight excluding hydrogens is 356 g/mol. The Labute approximate surface area is 165 Å². The minimum Gasteiger partial charge on any atom is -0.342 e. The highest BCUT2D eigenvalue weighted by molar-refractivity contribution is 6.43. The number of allylic oxidation sites excluding steroid dienone is 1. The topological polar surface area (TPSA) is 74.8 Å². The number of amides is 2. The van der Waals surface area contributed by atoms with Crippen LogP contribution in [0.3, 0.4) is 0 Å². The van der Waals surface area contributed by atoms with E-state index in [1.54, 1.807) is 29.2 Å². The number of likely N-dealkylation sites (N-methyl/N-ethyl adjacent to an activating group) is 1. The van der Waals surface area contributed by atoms with Crippen molar-refractivity contribution in [3.63, 3.8) is 0 Å². The number of Topliss-reactive ketones (excluding diaryl/α,β-unsaturated/α-hetero) is 2. The number of benzene rings is 1. The lowest BCUT2D eigenvalue weighted by molar-refractivity contribution is -0.130. The second kappa shape index (κ2) is 7.34. The van der Waals surface area contributed by atoms with E-state index in [-0.39, 0.29) is 48.0 Å². The number of anilines is 1. The standard InChI is InChI=1S/C22H26N2O4/c1-5-23(6-2)18(27)13-24-15-10-8-7-9-14(15)19(21(24)28)20-16(25)11-22(3,4)12-17(20)26/h7-10H,5-6,11-13H2,1-4H3. The summed E-state index contributed by atoms with van der Waals surface area (Å²) in [5.41, 5.74) is 0.859.